The minimum Gasteiger partial charge on any atom is -0.352 e. The van der Waals surface area contributed by atoms with Crippen molar-refractivity contribution >= 4 is 23.2 Å². The van der Waals surface area contributed by atoms with Crippen molar-refractivity contribution in [3.63, 3.8) is 0 Å². The van der Waals surface area contributed by atoms with Gasteiger partial charge in [0, 0.05) is 29.5 Å². The predicted molar refractivity (Wildman–Crippen MR) is 92.9 cm³/mol. The second kappa shape index (κ2) is 6.84. The number of carbonyl (C=O) groups is 1. The molecule has 2 aromatic heterocycles. The van der Waals surface area contributed by atoms with Crippen LogP contribution in [0.2, 0.25) is 5.02 Å². The Labute approximate surface area is 140 Å². The Hall–Kier alpha value is -2.33. The van der Waals surface area contributed by atoms with Crippen LogP contribution in [0, 0.1) is 0 Å². The third kappa shape index (κ3) is 3.54. The zero-order valence-corrected chi connectivity index (χ0v) is 13.7. The highest BCUT2D eigenvalue weighted by Gasteiger charge is 2.09. The Balaban J connectivity index is 1.86. The Morgan fingerprint density at radius 3 is 2.70 bits per heavy atom. The molecule has 1 N–H and O–H groups in total. The number of nitrogens with one attached hydrogen (secondary N) is 1. The minimum atomic E-state index is -0.0536. The molecule has 0 saturated heterocycles. The van der Waals surface area contributed by atoms with Gasteiger partial charge in [-0.25, -0.2) is 4.98 Å². The molecule has 3 aromatic rings. The van der Waals surface area contributed by atoms with Crippen LogP contribution in [-0.2, 0) is 0 Å². The summed E-state index contributed by atoms with van der Waals surface area (Å²) in [5, 5.41) is 3.62. The number of halogens is 1. The number of nitrogens with zero attached hydrogens (tertiary/aromatic N) is 2. The maximum absolute atomic E-state index is 12.1. The van der Waals surface area contributed by atoms with E-state index in [1.807, 2.05) is 47.1 Å². The van der Waals surface area contributed by atoms with Crippen molar-refractivity contribution in [1.82, 2.24) is 14.7 Å². The number of amides is 1. The second-order valence-corrected chi connectivity index (χ2v) is 5.86. The first-order valence-electron chi connectivity index (χ1n) is 7.70. The molecular formula is C18H18ClN3O. The maximum atomic E-state index is 12.1. The van der Waals surface area contributed by atoms with Gasteiger partial charge in [-0.1, -0.05) is 37.1 Å². The summed E-state index contributed by atoms with van der Waals surface area (Å²) in [5.41, 5.74) is 3.28. The lowest BCUT2D eigenvalue weighted by molar-refractivity contribution is 0.0952. The van der Waals surface area contributed by atoms with Crippen molar-refractivity contribution in [2.45, 2.75) is 19.8 Å². The van der Waals surface area contributed by atoms with E-state index in [9.17, 15) is 4.79 Å². The molecule has 2 heterocycles. The van der Waals surface area contributed by atoms with Gasteiger partial charge in [0.2, 0.25) is 0 Å². The minimum absolute atomic E-state index is 0.0536. The Kier molecular flexibility index (Phi) is 4.63. The number of aromatic nitrogens is 2. The van der Waals surface area contributed by atoms with E-state index < -0.39 is 0 Å². The Bertz CT molecular complexity index is 824. The molecule has 3 rings (SSSR count). The summed E-state index contributed by atoms with van der Waals surface area (Å²) < 4.78 is 1.87. The molecule has 1 aromatic carbocycles. The van der Waals surface area contributed by atoms with E-state index in [2.05, 4.69) is 17.2 Å². The number of rotatable bonds is 5. The number of pyridine rings is 1. The van der Waals surface area contributed by atoms with Gasteiger partial charge in [0.25, 0.3) is 5.91 Å². The molecule has 0 aliphatic carbocycles. The quantitative estimate of drug-likeness (QED) is 0.714. The first-order chi connectivity index (χ1) is 11.2. The van der Waals surface area contributed by atoms with Gasteiger partial charge in [0.1, 0.15) is 5.65 Å². The molecule has 0 atom stereocenters. The lowest BCUT2D eigenvalue weighted by Crippen LogP contribution is -2.24. The first kappa shape index (κ1) is 15.6. The average Bonchev–Trinajstić information content (AvgIpc) is 2.98. The van der Waals surface area contributed by atoms with Crippen molar-refractivity contribution in [3.05, 3.63) is 59.4 Å². The summed E-state index contributed by atoms with van der Waals surface area (Å²) in [4.78, 5) is 16.7. The van der Waals surface area contributed by atoms with E-state index in [0.29, 0.717) is 17.1 Å². The SMILES string of the molecule is CCCCNC(=O)c1ccc2nc(-c3ccc(Cl)cc3)cn2c1. The van der Waals surface area contributed by atoms with E-state index in [0.717, 1.165) is 29.7 Å². The molecule has 1 amide bonds. The number of unbranched alkanes of at least 4 members (excludes halogenated alkanes) is 1. The van der Waals surface area contributed by atoms with Crippen molar-refractivity contribution in [2.75, 3.05) is 6.54 Å². The summed E-state index contributed by atoms with van der Waals surface area (Å²) in [6, 6.07) is 11.2. The molecule has 118 valence electrons. The van der Waals surface area contributed by atoms with E-state index in [4.69, 9.17) is 11.6 Å². The summed E-state index contributed by atoms with van der Waals surface area (Å²) in [5.74, 6) is -0.0536. The third-order valence-electron chi connectivity index (χ3n) is 3.67. The molecule has 0 saturated carbocycles. The molecule has 23 heavy (non-hydrogen) atoms. The summed E-state index contributed by atoms with van der Waals surface area (Å²) in [7, 11) is 0. The molecular weight excluding hydrogens is 310 g/mol. The normalized spacial score (nSPS) is 10.9. The molecule has 0 aliphatic heterocycles. The number of imidazole rings is 1. The fourth-order valence-corrected chi connectivity index (χ4v) is 2.49. The highest BCUT2D eigenvalue weighted by molar-refractivity contribution is 6.30. The van der Waals surface area contributed by atoms with Crippen LogP contribution in [0.1, 0.15) is 30.1 Å². The molecule has 4 nitrogen and oxygen atoms in total. The van der Waals surface area contributed by atoms with Crippen molar-refractivity contribution in [1.29, 1.82) is 0 Å². The maximum Gasteiger partial charge on any atom is 0.252 e. The fraction of sp³-hybridized carbons (Fsp3) is 0.222. The fourth-order valence-electron chi connectivity index (χ4n) is 2.37. The smallest absolute Gasteiger partial charge is 0.252 e. The zero-order chi connectivity index (χ0) is 16.2. The molecule has 0 aliphatic rings. The number of benzene rings is 1. The number of hydrogen-bond donors (Lipinski definition) is 1. The van der Waals surface area contributed by atoms with Crippen LogP contribution in [0.3, 0.4) is 0 Å². The van der Waals surface area contributed by atoms with Gasteiger partial charge in [-0.3, -0.25) is 4.79 Å². The lowest BCUT2D eigenvalue weighted by atomic mass is 10.2. The van der Waals surface area contributed by atoms with Gasteiger partial charge < -0.3 is 9.72 Å². The topological polar surface area (TPSA) is 46.4 Å². The zero-order valence-electron chi connectivity index (χ0n) is 12.9. The third-order valence-corrected chi connectivity index (χ3v) is 3.92. The predicted octanol–water partition coefficient (Wildman–Crippen LogP) is 4.18. The summed E-state index contributed by atoms with van der Waals surface area (Å²) in [6.07, 6.45) is 5.77. The number of carbonyl (C=O) groups excluding carboxylic acids is 1. The van der Waals surface area contributed by atoms with E-state index in [1.165, 1.54) is 0 Å². The van der Waals surface area contributed by atoms with E-state index in [-0.39, 0.29) is 5.91 Å². The van der Waals surface area contributed by atoms with Crippen LogP contribution >= 0.6 is 11.6 Å². The van der Waals surface area contributed by atoms with Crippen LogP contribution in [0.25, 0.3) is 16.9 Å². The summed E-state index contributed by atoms with van der Waals surface area (Å²) in [6.45, 7) is 2.80. The van der Waals surface area contributed by atoms with Crippen molar-refractivity contribution in [2.24, 2.45) is 0 Å². The molecule has 0 radical (unpaired) electrons. The Morgan fingerprint density at radius 2 is 1.96 bits per heavy atom. The van der Waals surface area contributed by atoms with E-state index in [1.54, 1.807) is 6.07 Å². The van der Waals surface area contributed by atoms with Crippen LogP contribution in [0.5, 0.6) is 0 Å². The average molecular weight is 328 g/mol. The van der Waals surface area contributed by atoms with Crippen LogP contribution in [-0.4, -0.2) is 21.8 Å². The van der Waals surface area contributed by atoms with E-state index >= 15 is 0 Å². The molecule has 0 bridgehead atoms. The molecule has 0 unspecified atom stereocenters. The highest BCUT2D eigenvalue weighted by Crippen LogP contribution is 2.21. The summed E-state index contributed by atoms with van der Waals surface area (Å²) >= 11 is 5.92. The standard InChI is InChI=1S/C18H18ClN3O/c1-2-3-10-20-18(23)14-6-9-17-21-16(12-22(17)11-14)13-4-7-15(19)8-5-13/h4-9,11-12H,2-3,10H2,1H3,(H,20,23). The second-order valence-electron chi connectivity index (χ2n) is 5.43. The largest absolute Gasteiger partial charge is 0.352 e. The van der Waals surface area contributed by atoms with Gasteiger partial charge in [-0.2, -0.15) is 0 Å². The van der Waals surface area contributed by atoms with Gasteiger partial charge in [-0.15, -0.1) is 0 Å². The van der Waals surface area contributed by atoms with Crippen LogP contribution in [0.15, 0.2) is 48.8 Å². The van der Waals surface area contributed by atoms with Crippen LogP contribution < -0.4 is 5.32 Å². The molecule has 5 heteroatoms. The number of fused-ring (bicyclic) bond motifs is 1. The van der Waals surface area contributed by atoms with Gasteiger partial charge in [-0.05, 0) is 30.7 Å². The first-order valence-corrected chi connectivity index (χ1v) is 8.08. The van der Waals surface area contributed by atoms with Crippen molar-refractivity contribution < 1.29 is 4.79 Å². The van der Waals surface area contributed by atoms with Gasteiger partial charge in [0.15, 0.2) is 0 Å². The number of hydrogen-bond acceptors (Lipinski definition) is 2. The van der Waals surface area contributed by atoms with Gasteiger partial charge in [0.05, 0.1) is 11.3 Å². The monoisotopic (exact) mass is 327 g/mol. The molecule has 0 spiro atoms. The highest BCUT2D eigenvalue weighted by atomic mass is 35.5. The molecule has 0 fully saturated rings. The lowest BCUT2D eigenvalue weighted by Gasteiger charge is -2.04. The van der Waals surface area contributed by atoms with Gasteiger partial charge >= 0.3 is 0 Å². The van der Waals surface area contributed by atoms with Crippen LogP contribution in [0.4, 0.5) is 0 Å². The van der Waals surface area contributed by atoms with Crippen molar-refractivity contribution in [3.8, 4) is 11.3 Å². The Morgan fingerprint density at radius 1 is 1.17 bits per heavy atom.